The van der Waals surface area contributed by atoms with Gasteiger partial charge in [-0.25, -0.2) is 29.9 Å². The number of rotatable bonds is 2. The lowest BCUT2D eigenvalue weighted by molar-refractivity contribution is -0.145. The molecule has 0 radical (unpaired) electrons. The predicted octanol–water partition coefficient (Wildman–Crippen LogP) is 2.06. The number of halogens is 7. The summed E-state index contributed by atoms with van der Waals surface area (Å²) in [6, 6.07) is 0. The summed E-state index contributed by atoms with van der Waals surface area (Å²) in [6.45, 7) is 0. The van der Waals surface area contributed by atoms with E-state index in [1.54, 1.807) is 0 Å². The molecule has 4 aromatic heterocycles. The van der Waals surface area contributed by atoms with E-state index in [0.717, 1.165) is 12.4 Å². The highest BCUT2D eigenvalue weighted by molar-refractivity contribution is 6.58. The number of alkyl halides is 6. The molecule has 12 nitrogen and oxygen atoms in total. The molecule has 6 N–H and O–H groups in total. The topological polar surface area (TPSA) is 196 Å². The highest BCUT2D eigenvalue weighted by Gasteiger charge is 2.35. The molecule has 39 heavy (non-hydrogen) atoms. The fourth-order valence-corrected chi connectivity index (χ4v) is 2.25. The van der Waals surface area contributed by atoms with Gasteiger partial charge in [0.1, 0.15) is 16.8 Å². The predicted molar refractivity (Wildman–Crippen MR) is 128 cm³/mol. The number of nitrogen functional groups attached to an aromatic ring is 2. The Morgan fingerprint density at radius 1 is 0.667 bits per heavy atom. The fourth-order valence-electron chi connectivity index (χ4n) is 2.10. The maximum absolute atomic E-state index is 12.2. The monoisotopic (exact) mass is 578 g/mol. The summed E-state index contributed by atoms with van der Waals surface area (Å²) in [4.78, 5) is 27.2. The first-order valence-corrected chi connectivity index (χ1v) is 10.00. The molecular formula is C19H18BClF6N10O2. The zero-order valence-corrected chi connectivity index (χ0v) is 19.2. The number of nitrogens with two attached hydrogens (primary N) is 2. The maximum Gasteiger partial charge on any atom is 0.491 e. The molecule has 0 aliphatic heterocycles. The third-order valence-electron chi connectivity index (χ3n) is 3.70. The number of nitrogens with zero attached hydrogens (tertiary/aromatic N) is 8. The highest BCUT2D eigenvalue weighted by atomic mass is 35.5. The average Bonchev–Trinajstić information content (AvgIpc) is 2.84. The molecule has 0 aliphatic carbocycles. The Morgan fingerprint density at radius 2 is 1.10 bits per heavy atom. The van der Waals surface area contributed by atoms with E-state index in [1.165, 1.54) is 24.8 Å². The van der Waals surface area contributed by atoms with Crippen LogP contribution in [0.4, 0.5) is 38.0 Å². The molecule has 0 aliphatic rings. The average molecular weight is 579 g/mol. The van der Waals surface area contributed by atoms with E-state index >= 15 is 0 Å². The van der Waals surface area contributed by atoms with Gasteiger partial charge in [-0.3, -0.25) is 9.97 Å². The van der Waals surface area contributed by atoms with Crippen molar-refractivity contribution in [3.63, 3.8) is 0 Å². The molecule has 4 heterocycles. The van der Waals surface area contributed by atoms with Crippen LogP contribution in [0.3, 0.4) is 0 Å². The largest absolute Gasteiger partial charge is 0.491 e. The standard InChI is InChI=1S/C9H6F3N5.C5H4BF3N2O2.C4H4ClN3.CH4/c10-9(11,12)8-15-1-5(2-16-8)6-3-14-4-7(13)17-6;7-5(8,9)4-10-1-3(2-11-4)6(12)13;5-3-1-7-2-4(6)8-3;/h1-4H,(H2,13,17);1-2,12-13H;1-2H,(H2,6,8);1H4. The van der Waals surface area contributed by atoms with Crippen LogP contribution in [0.1, 0.15) is 19.1 Å². The fraction of sp³-hybridized carbons (Fsp3) is 0.158. The van der Waals surface area contributed by atoms with Crippen LogP contribution in [0.5, 0.6) is 0 Å². The number of hydrogen-bond donors (Lipinski definition) is 4. The molecule has 0 atom stereocenters. The molecule has 0 saturated carbocycles. The van der Waals surface area contributed by atoms with Crippen molar-refractivity contribution < 1.29 is 36.4 Å². The molecule has 0 saturated heterocycles. The van der Waals surface area contributed by atoms with Gasteiger partial charge in [0.15, 0.2) is 0 Å². The van der Waals surface area contributed by atoms with Crippen LogP contribution < -0.4 is 16.9 Å². The Labute approximate surface area is 221 Å². The van der Waals surface area contributed by atoms with Gasteiger partial charge in [0.05, 0.1) is 30.5 Å². The lowest BCUT2D eigenvalue weighted by Gasteiger charge is -2.05. The van der Waals surface area contributed by atoms with Gasteiger partial charge in [-0.15, -0.1) is 0 Å². The normalized spacial score (nSPS) is 10.7. The van der Waals surface area contributed by atoms with Gasteiger partial charge in [0.2, 0.25) is 11.6 Å². The van der Waals surface area contributed by atoms with Crippen LogP contribution in [0.15, 0.2) is 49.6 Å². The summed E-state index contributed by atoms with van der Waals surface area (Å²) in [5, 5.41) is 17.3. The number of anilines is 2. The minimum absolute atomic E-state index is 0. The summed E-state index contributed by atoms with van der Waals surface area (Å²) in [7, 11) is -1.86. The lowest BCUT2D eigenvalue weighted by Crippen LogP contribution is -2.31. The van der Waals surface area contributed by atoms with E-state index in [0.29, 0.717) is 34.6 Å². The van der Waals surface area contributed by atoms with Gasteiger partial charge in [0.25, 0.3) is 0 Å². The van der Waals surface area contributed by atoms with Crippen LogP contribution in [0.25, 0.3) is 11.3 Å². The minimum Gasteiger partial charge on any atom is -0.423 e. The third-order valence-corrected chi connectivity index (χ3v) is 3.88. The second-order valence-electron chi connectivity index (χ2n) is 6.60. The van der Waals surface area contributed by atoms with Gasteiger partial charge in [-0.1, -0.05) is 19.0 Å². The Balaban J connectivity index is 0.000000307. The van der Waals surface area contributed by atoms with Crippen LogP contribution >= 0.6 is 11.6 Å². The van der Waals surface area contributed by atoms with E-state index in [1.807, 2.05) is 0 Å². The van der Waals surface area contributed by atoms with E-state index in [4.69, 9.17) is 33.1 Å². The van der Waals surface area contributed by atoms with Crippen LogP contribution in [-0.4, -0.2) is 57.0 Å². The minimum atomic E-state index is -4.61. The van der Waals surface area contributed by atoms with Crippen molar-refractivity contribution in [2.24, 2.45) is 0 Å². The van der Waals surface area contributed by atoms with E-state index in [2.05, 4.69) is 39.9 Å². The van der Waals surface area contributed by atoms with Crippen LogP contribution in [0, 0.1) is 0 Å². The van der Waals surface area contributed by atoms with Crippen LogP contribution in [-0.2, 0) is 12.4 Å². The quantitative estimate of drug-likeness (QED) is 0.200. The van der Waals surface area contributed by atoms with Gasteiger partial charge >= 0.3 is 19.5 Å². The molecule has 20 heteroatoms. The summed E-state index contributed by atoms with van der Waals surface area (Å²) in [5.74, 6) is -1.99. The highest BCUT2D eigenvalue weighted by Crippen LogP contribution is 2.26. The van der Waals surface area contributed by atoms with E-state index in [9.17, 15) is 26.3 Å². The Bertz CT molecular complexity index is 1300. The van der Waals surface area contributed by atoms with Crippen molar-refractivity contribution in [1.29, 1.82) is 0 Å². The second kappa shape index (κ2) is 14.1. The molecule has 4 rings (SSSR count). The van der Waals surface area contributed by atoms with Crippen molar-refractivity contribution in [3.8, 4) is 11.3 Å². The van der Waals surface area contributed by atoms with E-state index in [-0.39, 0.29) is 18.7 Å². The summed E-state index contributed by atoms with van der Waals surface area (Å²) in [5.41, 5.74) is 11.0. The first-order chi connectivity index (χ1) is 17.7. The number of hydrogen-bond acceptors (Lipinski definition) is 12. The van der Waals surface area contributed by atoms with Crippen molar-refractivity contribution in [1.82, 2.24) is 39.9 Å². The molecule has 0 amide bonds. The zero-order chi connectivity index (χ0) is 28.5. The van der Waals surface area contributed by atoms with Crippen molar-refractivity contribution in [2.45, 2.75) is 19.8 Å². The molecule has 0 fully saturated rings. The van der Waals surface area contributed by atoms with Crippen molar-refractivity contribution in [3.05, 3.63) is 66.4 Å². The smallest absolute Gasteiger partial charge is 0.423 e. The van der Waals surface area contributed by atoms with Crippen molar-refractivity contribution >= 4 is 35.8 Å². The third kappa shape index (κ3) is 11.0. The molecular weight excluding hydrogens is 561 g/mol. The van der Waals surface area contributed by atoms with Gasteiger partial charge in [-0.2, -0.15) is 26.3 Å². The molecule has 0 aromatic carbocycles. The lowest BCUT2D eigenvalue weighted by atomic mass is 9.83. The second-order valence-corrected chi connectivity index (χ2v) is 6.99. The zero-order valence-electron chi connectivity index (χ0n) is 18.5. The van der Waals surface area contributed by atoms with Gasteiger partial charge < -0.3 is 21.5 Å². The SMILES string of the molecule is C.Nc1cncc(-c2cnc(C(F)(F)F)nc2)n1.Nc1cncc(Cl)n1.OB(O)c1cnc(C(F)(F)F)nc1. The molecule has 4 aromatic rings. The molecule has 0 spiro atoms. The first-order valence-electron chi connectivity index (χ1n) is 9.62. The van der Waals surface area contributed by atoms with E-state index < -0.39 is 31.1 Å². The molecule has 208 valence electrons. The van der Waals surface area contributed by atoms with Gasteiger partial charge in [0, 0.05) is 35.8 Å². The molecule has 0 bridgehead atoms. The van der Waals surface area contributed by atoms with Crippen molar-refractivity contribution in [2.75, 3.05) is 11.5 Å². The summed E-state index contributed by atoms with van der Waals surface area (Å²) >= 11 is 5.39. The summed E-state index contributed by atoms with van der Waals surface area (Å²) < 4.78 is 72.3. The number of aromatic nitrogens is 8. The van der Waals surface area contributed by atoms with Crippen LogP contribution in [0.2, 0.25) is 5.15 Å². The Morgan fingerprint density at radius 3 is 1.46 bits per heavy atom. The first kappa shape index (κ1) is 32.8. The maximum atomic E-state index is 12.2. The Hall–Kier alpha value is -4.23. The summed E-state index contributed by atoms with van der Waals surface area (Å²) in [6.07, 6.45) is -0.140. The Kier molecular flexibility index (Phi) is 11.8. The molecule has 0 unspecified atom stereocenters. The van der Waals surface area contributed by atoms with Gasteiger partial charge in [-0.05, 0) is 0 Å².